The number of nitrogens with zero attached hydrogens (tertiary/aromatic N) is 2. The molecule has 0 saturated heterocycles. The summed E-state index contributed by atoms with van der Waals surface area (Å²) in [6.45, 7) is 0. The van der Waals surface area contributed by atoms with Crippen molar-refractivity contribution in [3.63, 3.8) is 0 Å². The first kappa shape index (κ1) is 12.9. The van der Waals surface area contributed by atoms with Crippen LogP contribution in [0.15, 0.2) is 25.9 Å². The molecule has 0 aliphatic heterocycles. The molecule has 0 aliphatic carbocycles. The average molecular weight is 397 g/mol. The Kier molecular flexibility index (Phi) is 4.13. The molecule has 8 heteroatoms. The fourth-order valence-corrected chi connectivity index (χ4v) is 4.02. The summed E-state index contributed by atoms with van der Waals surface area (Å²) in [5.41, 5.74) is 0.539. The fraction of sp³-hybridized carbons (Fsp3) is 0. The van der Waals surface area contributed by atoms with Crippen LogP contribution in [0.2, 0.25) is 5.28 Å². The second kappa shape index (κ2) is 5.43. The van der Waals surface area contributed by atoms with Crippen molar-refractivity contribution in [3.05, 3.63) is 36.7 Å². The smallest absolute Gasteiger partial charge is 0.258 e. The highest BCUT2D eigenvalue weighted by atomic mass is 79.9. The molecule has 1 N–H and O–H groups in total. The van der Waals surface area contributed by atoms with Crippen LogP contribution in [-0.2, 0) is 0 Å². The molecule has 4 nitrogen and oxygen atoms in total. The molecule has 0 aliphatic rings. The van der Waals surface area contributed by atoms with Gasteiger partial charge in [0.05, 0.1) is 13.1 Å². The predicted molar refractivity (Wildman–Crippen MR) is 74.7 cm³/mol. The largest absolute Gasteiger partial charge is 0.306 e. The maximum atomic E-state index is 11.9. The first-order chi connectivity index (χ1) is 8.06. The fourth-order valence-electron chi connectivity index (χ4n) is 1.08. The molecule has 17 heavy (non-hydrogen) atoms. The predicted octanol–water partition coefficient (Wildman–Crippen LogP) is 3.97. The van der Waals surface area contributed by atoms with Crippen LogP contribution in [-0.4, -0.2) is 15.9 Å². The molecule has 0 saturated carbocycles. The number of aromatic nitrogens is 2. The number of hydrogen-bond donors (Lipinski definition) is 1. The Balaban J connectivity index is 2.20. The summed E-state index contributed by atoms with van der Waals surface area (Å²) in [5, 5.41) is 2.73. The number of hydrogen-bond acceptors (Lipinski definition) is 4. The summed E-state index contributed by atoms with van der Waals surface area (Å²) < 4.78 is 1.62. The van der Waals surface area contributed by atoms with Gasteiger partial charge in [0.15, 0.2) is 0 Å². The number of rotatable bonds is 2. The van der Waals surface area contributed by atoms with Crippen molar-refractivity contribution in [2.75, 3.05) is 5.32 Å². The molecule has 2 aromatic heterocycles. The number of halogens is 3. The van der Waals surface area contributed by atoms with Gasteiger partial charge in [-0.1, -0.05) is 0 Å². The van der Waals surface area contributed by atoms with Gasteiger partial charge in [-0.15, -0.1) is 11.3 Å². The number of carbonyl (C=O) groups excluding carboxylic acids is 1. The van der Waals surface area contributed by atoms with Gasteiger partial charge in [-0.2, -0.15) is 0 Å². The summed E-state index contributed by atoms with van der Waals surface area (Å²) in [5.74, 6) is 0.109. The molecule has 2 heterocycles. The zero-order chi connectivity index (χ0) is 12.4. The average Bonchev–Trinajstić information content (AvgIpc) is 2.58. The van der Waals surface area contributed by atoms with Gasteiger partial charge < -0.3 is 5.32 Å². The van der Waals surface area contributed by atoms with Gasteiger partial charge in [-0.3, -0.25) is 4.79 Å². The Hall–Kier alpha value is -0.500. The van der Waals surface area contributed by atoms with Crippen molar-refractivity contribution in [3.8, 4) is 0 Å². The van der Waals surface area contributed by atoms with Crippen LogP contribution in [0.3, 0.4) is 0 Å². The lowest BCUT2D eigenvalue weighted by Gasteiger charge is -2.02. The molecule has 88 valence electrons. The topological polar surface area (TPSA) is 54.9 Å². The maximum Gasteiger partial charge on any atom is 0.258 e. The van der Waals surface area contributed by atoms with E-state index in [2.05, 4.69) is 47.1 Å². The van der Waals surface area contributed by atoms with Gasteiger partial charge in [-0.25, -0.2) is 9.97 Å². The van der Waals surface area contributed by atoms with E-state index in [1.165, 1.54) is 17.5 Å². The van der Waals surface area contributed by atoms with E-state index >= 15 is 0 Å². The van der Waals surface area contributed by atoms with E-state index in [-0.39, 0.29) is 11.2 Å². The van der Waals surface area contributed by atoms with Crippen LogP contribution in [0.1, 0.15) is 10.4 Å². The standard InChI is InChI=1S/C9H4Br2ClN3OS/c10-5-3-4(7(11)17-5)8(16)14-6-1-2-13-9(12)15-6/h1-3H,(H,13,14,15,16). The second-order valence-corrected chi connectivity index (χ2v) is 6.99. The Bertz CT molecular complexity index is 575. The molecule has 0 radical (unpaired) electrons. The Morgan fingerprint density at radius 1 is 1.47 bits per heavy atom. The molecule has 2 aromatic rings. The molecule has 1 amide bonds. The van der Waals surface area contributed by atoms with Gasteiger partial charge in [0.1, 0.15) is 5.82 Å². The highest BCUT2D eigenvalue weighted by Gasteiger charge is 2.14. The van der Waals surface area contributed by atoms with Crippen LogP contribution < -0.4 is 5.32 Å². The minimum atomic E-state index is -0.256. The minimum absolute atomic E-state index is 0.0911. The SMILES string of the molecule is O=C(Nc1ccnc(Cl)n1)c1cc(Br)sc1Br. The number of thiophene rings is 1. The number of anilines is 1. The van der Waals surface area contributed by atoms with E-state index in [1.807, 2.05) is 0 Å². The lowest BCUT2D eigenvalue weighted by atomic mass is 10.3. The van der Waals surface area contributed by atoms with Crippen LogP contribution in [0, 0.1) is 0 Å². The summed E-state index contributed by atoms with van der Waals surface area (Å²) in [4.78, 5) is 19.5. The lowest BCUT2D eigenvalue weighted by molar-refractivity contribution is 0.102. The molecule has 0 bridgehead atoms. The third kappa shape index (κ3) is 3.25. The summed E-state index contributed by atoms with van der Waals surface area (Å²) in [6.07, 6.45) is 1.48. The number of nitrogens with one attached hydrogen (secondary N) is 1. The molecule has 0 unspecified atom stereocenters. The molecule has 0 fully saturated rings. The van der Waals surface area contributed by atoms with Gasteiger partial charge >= 0.3 is 0 Å². The minimum Gasteiger partial charge on any atom is -0.306 e. The van der Waals surface area contributed by atoms with Crippen molar-refractivity contribution in [1.29, 1.82) is 0 Å². The van der Waals surface area contributed by atoms with Gasteiger partial charge in [0, 0.05) is 6.20 Å². The molecule has 0 spiro atoms. The summed E-state index contributed by atoms with van der Waals surface area (Å²) >= 11 is 13.7. The van der Waals surface area contributed by atoms with Crippen molar-refractivity contribution in [2.45, 2.75) is 0 Å². The third-order valence-corrected chi connectivity index (χ3v) is 4.29. The zero-order valence-corrected chi connectivity index (χ0v) is 12.8. The summed E-state index contributed by atoms with van der Waals surface area (Å²) in [7, 11) is 0. The van der Waals surface area contributed by atoms with E-state index in [9.17, 15) is 4.79 Å². The van der Waals surface area contributed by atoms with E-state index in [0.717, 1.165) is 7.57 Å². The number of carbonyl (C=O) groups is 1. The van der Waals surface area contributed by atoms with Crippen LogP contribution in [0.5, 0.6) is 0 Å². The Morgan fingerprint density at radius 3 is 2.82 bits per heavy atom. The molecular formula is C9H4Br2ClN3OS. The zero-order valence-electron chi connectivity index (χ0n) is 8.08. The Morgan fingerprint density at radius 2 is 2.24 bits per heavy atom. The van der Waals surface area contributed by atoms with E-state index in [1.54, 1.807) is 12.1 Å². The first-order valence-corrected chi connectivity index (χ1v) is 7.09. The monoisotopic (exact) mass is 395 g/mol. The lowest BCUT2D eigenvalue weighted by Crippen LogP contribution is -2.12. The number of amides is 1. The van der Waals surface area contributed by atoms with Crippen molar-refractivity contribution >= 4 is 66.5 Å². The molecule has 0 atom stereocenters. The van der Waals surface area contributed by atoms with E-state index in [4.69, 9.17) is 11.6 Å². The van der Waals surface area contributed by atoms with Crippen molar-refractivity contribution in [1.82, 2.24) is 9.97 Å². The summed E-state index contributed by atoms with van der Waals surface area (Å²) in [6, 6.07) is 3.30. The van der Waals surface area contributed by atoms with Crippen molar-refractivity contribution < 1.29 is 4.79 Å². The van der Waals surface area contributed by atoms with E-state index < -0.39 is 0 Å². The highest BCUT2D eigenvalue weighted by Crippen LogP contribution is 2.32. The third-order valence-electron chi connectivity index (χ3n) is 1.77. The van der Waals surface area contributed by atoms with Gasteiger partial charge in [-0.05, 0) is 55.6 Å². The molecule has 2 rings (SSSR count). The normalized spacial score (nSPS) is 10.3. The molecule has 0 aromatic carbocycles. The van der Waals surface area contributed by atoms with Crippen LogP contribution >= 0.6 is 54.8 Å². The maximum absolute atomic E-state index is 11.9. The van der Waals surface area contributed by atoms with E-state index in [0.29, 0.717) is 11.4 Å². The van der Waals surface area contributed by atoms with Crippen LogP contribution in [0.25, 0.3) is 0 Å². The second-order valence-electron chi connectivity index (χ2n) is 2.90. The van der Waals surface area contributed by atoms with Crippen LogP contribution in [0.4, 0.5) is 5.82 Å². The first-order valence-electron chi connectivity index (χ1n) is 4.31. The molecular weight excluding hydrogens is 393 g/mol. The van der Waals surface area contributed by atoms with Gasteiger partial charge in [0.2, 0.25) is 5.28 Å². The van der Waals surface area contributed by atoms with Crippen molar-refractivity contribution in [2.24, 2.45) is 0 Å². The Labute approximate surface area is 123 Å². The highest BCUT2D eigenvalue weighted by molar-refractivity contribution is 9.12. The van der Waals surface area contributed by atoms with Gasteiger partial charge in [0.25, 0.3) is 5.91 Å². The quantitative estimate of drug-likeness (QED) is 0.781.